The highest BCUT2D eigenvalue weighted by Gasteiger charge is 2.03. The minimum absolute atomic E-state index is 0.108. The van der Waals surface area contributed by atoms with Crippen molar-refractivity contribution in [1.82, 2.24) is 10.2 Å². The Morgan fingerprint density at radius 2 is 2.50 bits per heavy atom. The molecule has 0 aromatic rings. The number of guanidine groups is 1. The van der Waals surface area contributed by atoms with E-state index in [2.05, 4.69) is 17.9 Å². The molecule has 0 unspecified atom stereocenters. The molecule has 0 aromatic carbocycles. The van der Waals surface area contributed by atoms with E-state index in [4.69, 9.17) is 10.7 Å². The van der Waals surface area contributed by atoms with Crippen LogP contribution in [0.2, 0.25) is 0 Å². The molecule has 0 aliphatic rings. The van der Waals surface area contributed by atoms with E-state index < -0.39 is 0 Å². The van der Waals surface area contributed by atoms with Crippen molar-refractivity contribution in [1.29, 1.82) is 10.7 Å². The van der Waals surface area contributed by atoms with Gasteiger partial charge in [-0.05, 0) is 0 Å². The van der Waals surface area contributed by atoms with Gasteiger partial charge in [0.15, 0.2) is 6.19 Å². The molecule has 4 nitrogen and oxygen atoms in total. The fourth-order valence-electron chi connectivity index (χ4n) is 0.447. The smallest absolute Gasteiger partial charge is 0.204 e. The normalized spacial score (nSPS) is 8.10. The van der Waals surface area contributed by atoms with Crippen LogP contribution in [0.4, 0.5) is 0 Å². The number of hydrogen-bond donors (Lipinski definition) is 3. The zero-order valence-corrected chi connectivity index (χ0v) is 6.65. The van der Waals surface area contributed by atoms with Crippen LogP contribution in [0.25, 0.3) is 0 Å². The van der Waals surface area contributed by atoms with Crippen LogP contribution >= 0.6 is 12.6 Å². The van der Waals surface area contributed by atoms with Gasteiger partial charge >= 0.3 is 0 Å². The topological polar surface area (TPSA) is 62.9 Å². The Balaban J connectivity index is 3.84. The van der Waals surface area contributed by atoms with Crippen molar-refractivity contribution in [3.05, 3.63) is 0 Å². The summed E-state index contributed by atoms with van der Waals surface area (Å²) in [7, 11) is 1.60. The second kappa shape index (κ2) is 4.94. The summed E-state index contributed by atoms with van der Waals surface area (Å²) < 4.78 is 0. The van der Waals surface area contributed by atoms with E-state index in [-0.39, 0.29) is 5.96 Å². The molecule has 10 heavy (non-hydrogen) atoms. The molecule has 0 heterocycles. The van der Waals surface area contributed by atoms with E-state index in [0.717, 1.165) is 0 Å². The summed E-state index contributed by atoms with van der Waals surface area (Å²) in [6.45, 7) is 0.472. The molecule has 0 spiro atoms. The molecular weight excluding hydrogens is 148 g/mol. The van der Waals surface area contributed by atoms with Crippen molar-refractivity contribution in [3.63, 3.8) is 0 Å². The van der Waals surface area contributed by atoms with Crippen LogP contribution in [0.15, 0.2) is 0 Å². The monoisotopic (exact) mass is 158 g/mol. The van der Waals surface area contributed by atoms with Crippen LogP contribution in [0.1, 0.15) is 0 Å². The fourth-order valence-corrected chi connectivity index (χ4v) is 0.647. The summed E-state index contributed by atoms with van der Waals surface area (Å²) in [6, 6.07) is 0. The van der Waals surface area contributed by atoms with Gasteiger partial charge in [-0.3, -0.25) is 5.41 Å². The molecule has 2 N–H and O–H groups in total. The van der Waals surface area contributed by atoms with Crippen LogP contribution in [0.3, 0.4) is 0 Å². The van der Waals surface area contributed by atoms with Crippen LogP contribution in [-0.4, -0.2) is 30.2 Å². The highest BCUT2D eigenvalue weighted by Crippen LogP contribution is 1.85. The highest BCUT2D eigenvalue weighted by molar-refractivity contribution is 7.80. The molecule has 0 bridgehead atoms. The van der Waals surface area contributed by atoms with Crippen molar-refractivity contribution in [2.24, 2.45) is 0 Å². The van der Waals surface area contributed by atoms with Gasteiger partial charge in [0.1, 0.15) is 0 Å². The third kappa shape index (κ3) is 2.60. The van der Waals surface area contributed by atoms with E-state index in [1.54, 1.807) is 7.05 Å². The lowest BCUT2D eigenvalue weighted by Gasteiger charge is -2.13. The molecule has 5 heteroatoms. The Morgan fingerprint density at radius 1 is 1.90 bits per heavy atom. The molecule has 0 radical (unpaired) electrons. The van der Waals surface area contributed by atoms with E-state index in [1.807, 2.05) is 6.19 Å². The van der Waals surface area contributed by atoms with E-state index in [0.29, 0.717) is 12.3 Å². The quantitative estimate of drug-likeness (QED) is 0.172. The Labute approximate surface area is 65.7 Å². The highest BCUT2D eigenvalue weighted by atomic mass is 32.1. The van der Waals surface area contributed by atoms with Crippen LogP contribution in [0.5, 0.6) is 0 Å². The molecule has 0 saturated carbocycles. The van der Waals surface area contributed by atoms with Crippen LogP contribution in [-0.2, 0) is 0 Å². The van der Waals surface area contributed by atoms with Gasteiger partial charge in [-0.25, -0.2) is 4.90 Å². The van der Waals surface area contributed by atoms with Gasteiger partial charge in [-0.15, -0.1) is 0 Å². The van der Waals surface area contributed by atoms with Gasteiger partial charge in [0.2, 0.25) is 5.96 Å². The Kier molecular flexibility index (Phi) is 4.50. The first-order valence-electron chi connectivity index (χ1n) is 2.80. The second-order valence-corrected chi connectivity index (χ2v) is 2.02. The molecule has 0 saturated heterocycles. The lowest BCUT2D eigenvalue weighted by atomic mass is 10.6. The SMILES string of the molecule is CNC(=N)N(C#N)CCS. The van der Waals surface area contributed by atoms with Gasteiger partial charge < -0.3 is 5.32 Å². The molecular formula is C5H10N4S. The summed E-state index contributed by atoms with van der Waals surface area (Å²) in [4.78, 5) is 1.23. The number of nitrogens with zero attached hydrogens (tertiary/aromatic N) is 2. The number of thiol groups is 1. The van der Waals surface area contributed by atoms with Crippen molar-refractivity contribution in [3.8, 4) is 6.19 Å². The Bertz CT molecular complexity index is 150. The molecule has 0 aromatic heterocycles. The Morgan fingerprint density at radius 3 is 2.80 bits per heavy atom. The number of rotatable bonds is 2. The summed E-state index contributed by atoms with van der Waals surface area (Å²) >= 11 is 3.93. The third-order valence-corrected chi connectivity index (χ3v) is 1.15. The lowest BCUT2D eigenvalue weighted by Crippen LogP contribution is -2.36. The van der Waals surface area contributed by atoms with Crippen molar-refractivity contribution in [2.45, 2.75) is 0 Å². The molecule has 0 rings (SSSR count). The largest absolute Gasteiger partial charge is 0.359 e. The minimum atomic E-state index is 0.108. The van der Waals surface area contributed by atoms with Crippen molar-refractivity contribution in [2.75, 3.05) is 19.3 Å². The predicted octanol–water partition coefficient (Wildman–Crippen LogP) is -0.147. The van der Waals surface area contributed by atoms with E-state index in [9.17, 15) is 0 Å². The first-order chi connectivity index (χ1) is 4.76. The maximum atomic E-state index is 8.42. The third-order valence-electron chi connectivity index (χ3n) is 0.951. The molecule has 0 amide bonds. The van der Waals surface area contributed by atoms with E-state index >= 15 is 0 Å². The van der Waals surface area contributed by atoms with Crippen molar-refractivity contribution < 1.29 is 0 Å². The molecule has 0 fully saturated rings. The maximum Gasteiger partial charge on any atom is 0.204 e. The van der Waals surface area contributed by atoms with Gasteiger partial charge in [-0.2, -0.15) is 17.9 Å². The van der Waals surface area contributed by atoms with Gasteiger partial charge in [-0.1, -0.05) is 0 Å². The summed E-state index contributed by atoms with van der Waals surface area (Å²) in [5.41, 5.74) is 0. The van der Waals surface area contributed by atoms with Crippen LogP contribution in [0, 0.1) is 16.9 Å². The molecule has 56 valence electrons. The van der Waals surface area contributed by atoms with Gasteiger partial charge in [0, 0.05) is 19.3 Å². The standard InChI is InChI=1S/C5H10N4S/c1-8-5(7)9(4-6)2-3-10/h10H,2-3H2,1H3,(H2,7,8). The number of nitrogens with one attached hydrogen (secondary N) is 2. The van der Waals surface area contributed by atoms with E-state index in [1.165, 1.54) is 4.90 Å². The van der Waals surface area contributed by atoms with Crippen molar-refractivity contribution >= 4 is 18.6 Å². The Hall–Kier alpha value is -0.890. The summed E-state index contributed by atoms with van der Waals surface area (Å²) in [5, 5.41) is 18.1. The lowest BCUT2D eigenvalue weighted by molar-refractivity contribution is 0.588. The molecule has 0 aliphatic heterocycles. The van der Waals surface area contributed by atoms with Gasteiger partial charge in [0.25, 0.3) is 0 Å². The summed E-state index contributed by atoms with van der Waals surface area (Å²) in [6.07, 6.45) is 1.85. The molecule has 0 aliphatic carbocycles. The average molecular weight is 158 g/mol. The van der Waals surface area contributed by atoms with Crippen LogP contribution < -0.4 is 5.32 Å². The predicted molar refractivity (Wildman–Crippen MR) is 43.0 cm³/mol. The first kappa shape index (κ1) is 9.11. The zero-order valence-electron chi connectivity index (χ0n) is 5.76. The number of nitriles is 1. The summed E-state index contributed by atoms with van der Waals surface area (Å²) in [5.74, 6) is 0.675. The maximum absolute atomic E-state index is 8.42. The molecule has 0 atom stereocenters. The zero-order chi connectivity index (χ0) is 7.98. The average Bonchev–Trinajstić information content (AvgIpc) is 1.99. The first-order valence-corrected chi connectivity index (χ1v) is 3.44. The minimum Gasteiger partial charge on any atom is -0.359 e. The second-order valence-electron chi connectivity index (χ2n) is 1.57. The van der Waals surface area contributed by atoms with Gasteiger partial charge in [0.05, 0.1) is 0 Å². The number of hydrogen-bond acceptors (Lipinski definition) is 3. The fraction of sp³-hybridized carbons (Fsp3) is 0.600.